The van der Waals surface area contributed by atoms with Crippen molar-refractivity contribution in [3.05, 3.63) is 48.0 Å². The lowest BCUT2D eigenvalue weighted by atomic mass is 10.2. The van der Waals surface area contributed by atoms with E-state index < -0.39 is 11.9 Å². The van der Waals surface area contributed by atoms with Crippen LogP contribution in [0.4, 0.5) is 5.69 Å². The smallest absolute Gasteiger partial charge is 0.337 e. The average molecular weight is 259 g/mol. The molecule has 7 nitrogen and oxygen atoms in total. The number of nitrogens with one attached hydrogen (secondary N) is 1. The van der Waals surface area contributed by atoms with Gasteiger partial charge in [-0.1, -0.05) is 0 Å². The van der Waals surface area contributed by atoms with Gasteiger partial charge in [-0.05, 0) is 18.2 Å². The molecule has 0 bridgehead atoms. The summed E-state index contributed by atoms with van der Waals surface area (Å²) >= 11 is 0. The van der Waals surface area contributed by atoms with E-state index >= 15 is 0 Å². The zero-order chi connectivity index (χ0) is 13.8. The van der Waals surface area contributed by atoms with Crippen molar-refractivity contribution in [1.82, 2.24) is 9.97 Å². The maximum absolute atomic E-state index is 11.8. The number of hydrogen-bond donors (Lipinski definition) is 3. The second-order valence-electron chi connectivity index (χ2n) is 3.59. The molecule has 2 aromatic heterocycles. The van der Waals surface area contributed by atoms with Crippen LogP contribution in [0.5, 0.6) is 5.75 Å². The molecule has 0 aliphatic heterocycles. The number of anilines is 1. The Hall–Kier alpha value is -2.96. The zero-order valence-electron chi connectivity index (χ0n) is 9.57. The summed E-state index contributed by atoms with van der Waals surface area (Å²) in [6.07, 6.45) is 3.82. The van der Waals surface area contributed by atoms with Gasteiger partial charge in [0, 0.05) is 12.4 Å². The molecule has 2 aromatic rings. The highest BCUT2D eigenvalue weighted by molar-refractivity contribution is 6.04. The Balaban J connectivity index is 2.22. The van der Waals surface area contributed by atoms with E-state index in [4.69, 9.17) is 5.11 Å². The van der Waals surface area contributed by atoms with Crippen molar-refractivity contribution < 1.29 is 19.8 Å². The summed E-state index contributed by atoms with van der Waals surface area (Å²) in [6, 6.07) is 4.07. The lowest BCUT2D eigenvalue weighted by molar-refractivity contribution is 0.0696. The van der Waals surface area contributed by atoms with Gasteiger partial charge in [0.25, 0.3) is 5.91 Å². The first-order valence-corrected chi connectivity index (χ1v) is 5.21. The monoisotopic (exact) mass is 259 g/mol. The van der Waals surface area contributed by atoms with Crippen molar-refractivity contribution in [3.8, 4) is 5.75 Å². The topological polar surface area (TPSA) is 112 Å². The van der Waals surface area contributed by atoms with Gasteiger partial charge in [-0.3, -0.25) is 9.78 Å². The minimum absolute atomic E-state index is 0.0527. The molecule has 0 aliphatic rings. The van der Waals surface area contributed by atoms with E-state index in [0.29, 0.717) is 0 Å². The third-order valence-corrected chi connectivity index (χ3v) is 2.24. The average Bonchev–Trinajstić information content (AvgIpc) is 2.39. The Kier molecular flexibility index (Phi) is 3.37. The molecule has 0 fully saturated rings. The van der Waals surface area contributed by atoms with Gasteiger partial charge in [0.1, 0.15) is 5.75 Å². The van der Waals surface area contributed by atoms with Crippen LogP contribution in [0.1, 0.15) is 20.8 Å². The van der Waals surface area contributed by atoms with Crippen molar-refractivity contribution in [3.63, 3.8) is 0 Å². The summed E-state index contributed by atoms with van der Waals surface area (Å²) in [4.78, 5) is 30.0. The molecule has 1 amide bonds. The van der Waals surface area contributed by atoms with Crippen molar-refractivity contribution in [2.75, 3.05) is 5.32 Å². The molecule has 19 heavy (non-hydrogen) atoms. The first-order valence-electron chi connectivity index (χ1n) is 5.21. The summed E-state index contributed by atoms with van der Waals surface area (Å²) in [5.74, 6) is -2.06. The van der Waals surface area contributed by atoms with Crippen LogP contribution in [-0.2, 0) is 0 Å². The lowest BCUT2D eigenvalue weighted by Gasteiger charge is -2.05. The number of pyridine rings is 2. The largest absolute Gasteiger partial charge is 0.505 e. The highest BCUT2D eigenvalue weighted by Gasteiger charge is 2.13. The number of carbonyl (C=O) groups excluding carboxylic acids is 1. The molecule has 0 radical (unpaired) electrons. The fourth-order valence-corrected chi connectivity index (χ4v) is 1.39. The number of aromatic nitrogens is 2. The third-order valence-electron chi connectivity index (χ3n) is 2.24. The molecular weight excluding hydrogens is 250 g/mol. The Bertz CT molecular complexity index is 642. The molecule has 0 aliphatic carbocycles. The number of aromatic carboxylic acids is 1. The van der Waals surface area contributed by atoms with E-state index in [2.05, 4.69) is 15.3 Å². The molecule has 0 unspecified atom stereocenters. The van der Waals surface area contributed by atoms with Crippen molar-refractivity contribution in [2.24, 2.45) is 0 Å². The van der Waals surface area contributed by atoms with E-state index in [1.807, 2.05) is 0 Å². The number of nitrogens with zero attached hydrogens (tertiary/aromatic N) is 2. The molecule has 2 rings (SSSR count). The molecule has 96 valence electrons. The summed E-state index contributed by atoms with van der Waals surface area (Å²) in [6.45, 7) is 0. The Morgan fingerprint density at radius 1 is 1.26 bits per heavy atom. The highest BCUT2D eigenvalue weighted by atomic mass is 16.4. The number of hydrogen-bond acceptors (Lipinski definition) is 5. The first-order chi connectivity index (χ1) is 9.08. The minimum atomic E-state index is -1.15. The third kappa shape index (κ3) is 2.83. The fourth-order valence-electron chi connectivity index (χ4n) is 1.39. The van der Waals surface area contributed by atoms with Crippen molar-refractivity contribution in [1.29, 1.82) is 0 Å². The maximum atomic E-state index is 11.8. The van der Waals surface area contributed by atoms with E-state index in [0.717, 1.165) is 6.20 Å². The summed E-state index contributed by atoms with van der Waals surface area (Å²) < 4.78 is 0. The van der Waals surface area contributed by atoms with Gasteiger partial charge in [0.15, 0.2) is 5.69 Å². The highest BCUT2D eigenvalue weighted by Crippen LogP contribution is 2.15. The second-order valence-corrected chi connectivity index (χ2v) is 3.59. The molecular formula is C12H9N3O4. The summed E-state index contributed by atoms with van der Waals surface area (Å²) in [5.41, 5.74) is 0.00113. The number of rotatable bonds is 3. The predicted octanol–water partition coefficient (Wildman–Crippen LogP) is 1.13. The molecule has 0 atom stereocenters. The van der Waals surface area contributed by atoms with Crippen molar-refractivity contribution >= 4 is 17.6 Å². The minimum Gasteiger partial charge on any atom is -0.505 e. The number of carbonyl (C=O) groups is 2. The fraction of sp³-hybridized carbons (Fsp3) is 0. The van der Waals surface area contributed by atoms with E-state index in [-0.39, 0.29) is 22.7 Å². The number of aromatic hydroxyl groups is 1. The molecule has 0 saturated carbocycles. The molecule has 3 N–H and O–H groups in total. The van der Waals surface area contributed by atoms with Gasteiger partial charge >= 0.3 is 5.97 Å². The second kappa shape index (κ2) is 5.13. The molecule has 0 aromatic carbocycles. The maximum Gasteiger partial charge on any atom is 0.337 e. The van der Waals surface area contributed by atoms with Gasteiger partial charge in [0.2, 0.25) is 0 Å². The number of carboxylic acids is 1. The van der Waals surface area contributed by atoms with Crippen LogP contribution in [0.15, 0.2) is 36.8 Å². The van der Waals surface area contributed by atoms with Gasteiger partial charge in [-0.25, -0.2) is 9.78 Å². The first kappa shape index (κ1) is 12.5. The Labute approximate surface area is 107 Å². The van der Waals surface area contributed by atoms with Crippen LogP contribution < -0.4 is 5.32 Å². The SMILES string of the molecule is O=C(O)c1cncc(NC(=O)c2ncccc2O)c1. The Morgan fingerprint density at radius 2 is 2.05 bits per heavy atom. The predicted molar refractivity (Wildman–Crippen MR) is 65.1 cm³/mol. The van der Waals surface area contributed by atoms with Crippen molar-refractivity contribution in [2.45, 2.75) is 0 Å². The van der Waals surface area contributed by atoms with E-state index in [9.17, 15) is 14.7 Å². The number of carboxylic acid groups (broad SMARTS) is 1. The zero-order valence-corrected chi connectivity index (χ0v) is 9.57. The van der Waals surface area contributed by atoms with Crippen LogP contribution in [0.2, 0.25) is 0 Å². The molecule has 2 heterocycles. The van der Waals surface area contributed by atoms with Gasteiger partial charge < -0.3 is 15.5 Å². The molecule has 0 spiro atoms. The standard InChI is InChI=1S/C12H9N3O4/c16-9-2-1-3-14-10(9)11(17)15-8-4-7(12(18)19)5-13-6-8/h1-6,16H,(H,15,17)(H,18,19). The van der Waals surface area contributed by atoms with Gasteiger partial charge in [-0.15, -0.1) is 0 Å². The summed E-state index contributed by atoms with van der Waals surface area (Å²) in [7, 11) is 0. The van der Waals surface area contributed by atoms with Crippen LogP contribution in [0, 0.1) is 0 Å². The van der Waals surface area contributed by atoms with Crippen LogP contribution in [-0.4, -0.2) is 32.1 Å². The quantitative estimate of drug-likeness (QED) is 0.761. The summed E-state index contributed by atoms with van der Waals surface area (Å²) in [5, 5.41) is 20.7. The van der Waals surface area contributed by atoms with Crippen LogP contribution in [0.25, 0.3) is 0 Å². The van der Waals surface area contributed by atoms with Gasteiger partial charge in [-0.2, -0.15) is 0 Å². The van der Waals surface area contributed by atoms with E-state index in [1.54, 1.807) is 0 Å². The van der Waals surface area contributed by atoms with Gasteiger partial charge in [0.05, 0.1) is 17.4 Å². The number of amides is 1. The Morgan fingerprint density at radius 3 is 2.74 bits per heavy atom. The lowest BCUT2D eigenvalue weighted by Crippen LogP contribution is -2.14. The van der Waals surface area contributed by atoms with E-state index in [1.165, 1.54) is 30.6 Å². The molecule has 0 saturated heterocycles. The van der Waals surface area contributed by atoms with Crippen LogP contribution in [0.3, 0.4) is 0 Å². The normalized spacial score (nSPS) is 9.89. The van der Waals surface area contributed by atoms with Crippen LogP contribution >= 0.6 is 0 Å². The molecule has 7 heteroatoms.